The van der Waals surface area contributed by atoms with Crippen molar-refractivity contribution < 1.29 is 18.3 Å². The van der Waals surface area contributed by atoms with Gasteiger partial charge in [-0.25, -0.2) is 8.42 Å². The molecule has 1 aliphatic heterocycles. The molecule has 8 nitrogen and oxygen atoms in total. The zero-order chi connectivity index (χ0) is 22.9. The van der Waals surface area contributed by atoms with Crippen LogP contribution in [0, 0.1) is 5.92 Å². The van der Waals surface area contributed by atoms with Crippen LogP contribution in [0.2, 0.25) is 5.02 Å². The number of hydrogen-bond donors (Lipinski definition) is 3. The van der Waals surface area contributed by atoms with Crippen LogP contribution in [0.5, 0.6) is 5.75 Å². The van der Waals surface area contributed by atoms with Crippen LogP contribution < -0.4 is 5.32 Å². The first kappa shape index (κ1) is 22.3. The van der Waals surface area contributed by atoms with Gasteiger partial charge < -0.3 is 10.4 Å². The first-order chi connectivity index (χ1) is 15.2. The quantitative estimate of drug-likeness (QED) is 0.514. The molecule has 0 unspecified atom stereocenters. The number of halogens is 1. The highest BCUT2D eigenvalue weighted by Crippen LogP contribution is 2.31. The summed E-state index contributed by atoms with van der Waals surface area (Å²) in [6.07, 6.45) is 1.89. The standard InChI is InChI=1S/C22H23ClN4O4S/c1-14-3-2-10-27(13-14)32(30,31)17-7-5-16(6-8-17)24-22(29)20-12-19(25-26-20)18-11-15(23)4-9-21(18)28/h4-9,11-12,14,28H,2-3,10,13H2,1H3,(H,24,29)(H,25,26)/t14-/m0/s1. The molecule has 32 heavy (non-hydrogen) atoms. The number of sulfonamides is 1. The van der Waals surface area contributed by atoms with Crippen molar-refractivity contribution in [1.82, 2.24) is 14.5 Å². The summed E-state index contributed by atoms with van der Waals surface area (Å²) >= 11 is 5.97. The van der Waals surface area contributed by atoms with E-state index in [1.54, 1.807) is 24.3 Å². The fourth-order valence-electron chi connectivity index (χ4n) is 3.71. The topological polar surface area (TPSA) is 115 Å². The third-order valence-corrected chi connectivity index (χ3v) is 7.54. The molecule has 0 aliphatic carbocycles. The minimum Gasteiger partial charge on any atom is -0.507 e. The number of anilines is 1. The van der Waals surface area contributed by atoms with Crippen molar-refractivity contribution in [3.05, 3.63) is 59.2 Å². The molecule has 3 N–H and O–H groups in total. The highest BCUT2D eigenvalue weighted by Gasteiger charge is 2.28. The number of phenolic OH excluding ortho intramolecular Hbond substituents is 1. The molecular formula is C22H23ClN4O4S. The number of nitrogens with one attached hydrogen (secondary N) is 2. The minimum absolute atomic E-state index is 0.00671. The van der Waals surface area contributed by atoms with Crippen LogP contribution >= 0.6 is 11.6 Å². The second kappa shape index (κ2) is 8.93. The first-order valence-corrected chi connectivity index (χ1v) is 12.0. The Morgan fingerprint density at radius 1 is 1.22 bits per heavy atom. The summed E-state index contributed by atoms with van der Waals surface area (Å²) in [6.45, 7) is 3.09. The van der Waals surface area contributed by atoms with Crippen LogP contribution in [-0.2, 0) is 10.0 Å². The maximum Gasteiger partial charge on any atom is 0.273 e. The summed E-state index contributed by atoms with van der Waals surface area (Å²) in [5.41, 5.74) is 1.39. The number of piperidine rings is 1. The number of H-pyrrole nitrogens is 1. The van der Waals surface area contributed by atoms with Crippen LogP contribution in [0.15, 0.2) is 53.4 Å². The minimum atomic E-state index is -3.56. The van der Waals surface area contributed by atoms with Gasteiger partial charge in [0.15, 0.2) is 0 Å². The number of phenols is 1. The second-order valence-electron chi connectivity index (χ2n) is 7.92. The SMILES string of the molecule is C[C@H]1CCCN(S(=O)(=O)c2ccc(NC(=O)c3cc(-c4cc(Cl)ccc4O)n[nH]3)cc2)C1. The van der Waals surface area contributed by atoms with Crippen molar-refractivity contribution in [2.75, 3.05) is 18.4 Å². The lowest BCUT2D eigenvalue weighted by Gasteiger charge is -2.30. The number of aromatic nitrogens is 2. The Bertz CT molecular complexity index is 1240. The number of carbonyl (C=O) groups excluding carboxylic acids is 1. The van der Waals surface area contributed by atoms with Gasteiger partial charge in [0.25, 0.3) is 5.91 Å². The Balaban J connectivity index is 1.47. The molecular weight excluding hydrogens is 452 g/mol. The summed E-state index contributed by atoms with van der Waals surface area (Å²) in [5, 5.41) is 19.8. The van der Waals surface area contributed by atoms with Gasteiger partial charge >= 0.3 is 0 Å². The molecule has 10 heteroatoms. The summed E-state index contributed by atoms with van der Waals surface area (Å²) in [4.78, 5) is 12.8. The van der Waals surface area contributed by atoms with E-state index >= 15 is 0 Å². The molecule has 4 rings (SSSR count). The van der Waals surface area contributed by atoms with Gasteiger partial charge in [-0.2, -0.15) is 9.40 Å². The van der Waals surface area contributed by atoms with E-state index in [0.717, 1.165) is 12.8 Å². The predicted octanol–water partition coefficient (Wildman–Crippen LogP) is 4.11. The summed E-state index contributed by atoms with van der Waals surface area (Å²) in [6, 6.07) is 12.1. The number of rotatable bonds is 5. The molecule has 1 aromatic heterocycles. The highest BCUT2D eigenvalue weighted by molar-refractivity contribution is 7.89. The van der Waals surface area contributed by atoms with Crippen molar-refractivity contribution in [1.29, 1.82) is 0 Å². The van der Waals surface area contributed by atoms with E-state index < -0.39 is 15.9 Å². The van der Waals surface area contributed by atoms with Gasteiger partial charge in [0.05, 0.1) is 10.6 Å². The van der Waals surface area contributed by atoms with Crippen molar-refractivity contribution in [3.8, 4) is 17.0 Å². The van der Waals surface area contributed by atoms with E-state index in [1.165, 1.54) is 28.6 Å². The summed E-state index contributed by atoms with van der Waals surface area (Å²) in [7, 11) is -3.56. The van der Waals surface area contributed by atoms with Crippen molar-refractivity contribution in [2.45, 2.75) is 24.7 Å². The maximum absolute atomic E-state index is 12.9. The lowest BCUT2D eigenvalue weighted by molar-refractivity contribution is 0.102. The highest BCUT2D eigenvalue weighted by atomic mass is 35.5. The smallest absolute Gasteiger partial charge is 0.273 e. The number of hydrogen-bond acceptors (Lipinski definition) is 5. The molecule has 1 fully saturated rings. The van der Waals surface area contributed by atoms with Crippen molar-refractivity contribution in [2.24, 2.45) is 5.92 Å². The molecule has 2 heterocycles. The van der Waals surface area contributed by atoms with E-state index in [-0.39, 0.29) is 16.3 Å². The molecule has 0 radical (unpaired) electrons. The lowest BCUT2D eigenvalue weighted by atomic mass is 10.0. The van der Waals surface area contributed by atoms with Crippen molar-refractivity contribution in [3.63, 3.8) is 0 Å². The second-order valence-corrected chi connectivity index (χ2v) is 10.3. The Kier molecular flexibility index (Phi) is 6.23. The molecule has 3 aromatic rings. The van der Waals surface area contributed by atoms with Crippen molar-refractivity contribution >= 4 is 33.2 Å². The van der Waals surface area contributed by atoms with Crippen LogP contribution in [0.1, 0.15) is 30.3 Å². The molecule has 1 aliphatic rings. The van der Waals surface area contributed by atoms with E-state index in [0.29, 0.717) is 41.0 Å². The van der Waals surface area contributed by atoms with E-state index in [4.69, 9.17) is 11.6 Å². The van der Waals surface area contributed by atoms with Gasteiger partial charge in [0, 0.05) is 29.4 Å². The van der Waals surface area contributed by atoms with Gasteiger partial charge in [-0.3, -0.25) is 9.89 Å². The number of nitrogens with zero attached hydrogens (tertiary/aromatic N) is 2. The number of benzene rings is 2. The maximum atomic E-state index is 12.9. The van der Waals surface area contributed by atoms with Gasteiger partial charge in [-0.15, -0.1) is 0 Å². The fourth-order valence-corrected chi connectivity index (χ4v) is 5.48. The monoisotopic (exact) mass is 474 g/mol. The van der Waals surface area contributed by atoms with E-state index in [1.807, 2.05) is 0 Å². The van der Waals surface area contributed by atoms with Gasteiger partial charge in [-0.05, 0) is 67.3 Å². The average Bonchev–Trinajstić information content (AvgIpc) is 3.26. The average molecular weight is 475 g/mol. The molecule has 0 spiro atoms. The van der Waals surface area contributed by atoms with Gasteiger partial charge in [-0.1, -0.05) is 18.5 Å². The zero-order valence-corrected chi connectivity index (χ0v) is 18.9. The number of aromatic amines is 1. The van der Waals surface area contributed by atoms with Gasteiger partial charge in [0.1, 0.15) is 11.4 Å². The van der Waals surface area contributed by atoms with Crippen LogP contribution in [0.25, 0.3) is 11.3 Å². The lowest BCUT2D eigenvalue weighted by Crippen LogP contribution is -2.39. The Morgan fingerprint density at radius 3 is 2.69 bits per heavy atom. The third kappa shape index (κ3) is 4.64. The molecule has 0 bridgehead atoms. The molecule has 1 atom stereocenters. The zero-order valence-electron chi connectivity index (χ0n) is 17.4. The number of amides is 1. The predicted molar refractivity (Wildman–Crippen MR) is 122 cm³/mol. The van der Waals surface area contributed by atoms with E-state index in [9.17, 15) is 18.3 Å². The number of carbonyl (C=O) groups is 1. The number of aromatic hydroxyl groups is 1. The Morgan fingerprint density at radius 2 is 1.97 bits per heavy atom. The van der Waals surface area contributed by atoms with E-state index in [2.05, 4.69) is 22.4 Å². The first-order valence-electron chi connectivity index (χ1n) is 10.2. The summed E-state index contributed by atoms with van der Waals surface area (Å²) in [5.74, 6) is -0.122. The molecule has 1 saturated heterocycles. The van der Waals surface area contributed by atoms with Crippen LogP contribution in [0.4, 0.5) is 5.69 Å². The fraction of sp³-hybridized carbons (Fsp3) is 0.273. The molecule has 1 amide bonds. The van der Waals surface area contributed by atoms with Crippen LogP contribution in [0.3, 0.4) is 0 Å². The summed E-state index contributed by atoms with van der Waals surface area (Å²) < 4.78 is 27.3. The van der Waals surface area contributed by atoms with Crippen LogP contribution in [-0.4, -0.2) is 47.0 Å². The third-order valence-electron chi connectivity index (χ3n) is 5.43. The Labute approximate surface area is 191 Å². The normalized spacial score (nSPS) is 17.2. The molecule has 168 valence electrons. The Hall–Kier alpha value is -2.88. The van der Waals surface area contributed by atoms with Gasteiger partial charge in [0.2, 0.25) is 10.0 Å². The molecule has 2 aromatic carbocycles. The molecule has 0 saturated carbocycles. The largest absolute Gasteiger partial charge is 0.507 e.